The molecule has 5 nitrogen and oxygen atoms in total. The van der Waals surface area contributed by atoms with Crippen molar-refractivity contribution >= 4 is 49.2 Å². The fraction of sp³-hybridized carbons (Fsp3) is 0. The largest absolute Gasteiger partial charge is 0.280 e. The molecule has 1 aromatic heterocycles. The number of hydrogen-bond acceptors (Lipinski definition) is 5. The van der Waals surface area contributed by atoms with Crippen molar-refractivity contribution in [1.82, 2.24) is 8.75 Å². The molecule has 0 bridgehead atoms. The minimum Gasteiger partial charge on any atom is -0.280 e. The van der Waals surface area contributed by atoms with Gasteiger partial charge in [-0.15, -0.1) is 0 Å². The van der Waals surface area contributed by atoms with E-state index in [9.17, 15) is 8.42 Å². The first-order valence-electron chi connectivity index (χ1n) is 6.86. The van der Waals surface area contributed by atoms with Crippen molar-refractivity contribution < 1.29 is 8.42 Å². The lowest BCUT2D eigenvalue weighted by Gasteiger charge is -2.10. The molecule has 3 aromatic carbocycles. The molecular weight excluding hydrogens is 330 g/mol. The summed E-state index contributed by atoms with van der Waals surface area (Å²) in [5.74, 6) is 0. The van der Waals surface area contributed by atoms with Gasteiger partial charge in [-0.05, 0) is 29.7 Å². The summed E-state index contributed by atoms with van der Waals surface area (Å²) in [6, 6.07) is 17.8. The van der Waals surface area contributed by atoms with Gasteiger partial charge in [0.1, 0.15) is 11.0 Å². The zero-order chi connectivity index (χ0) is 15.9. The third-order valence-electron chi connectivity index (χ3n) is 3.55. The van der Waals surface area contributed by atoms with Crippen LogP contribution in [-0.2, 0) is 10.0 Å². The molecule has 0 spiro atoms. The quantitative estimate of drug-likeness (QED) is 0.617. The summed E-state index contributed by atoms with van der Waals surface area (Å²) in [6.07, 6.45) is 0. The fourth-order valence-corrected chi connectivity index (χ4v) is 4.28. The summed E-state index contributed by atoms with van der Waals surface area (Å²) >= 11 is 1.10. The molecule has 0 fully saturated rings. The average molecular weight is 341 g/mol. The number of nitrogens with zero attached hydrogens (tertiary/aromatic N) is 2. The normalized spacial score (nSPS) is 11.8. The van der Waals surface area contributed by atoms with Gasteiger partial charge in [0.15, 0.2) is 0 Å². The van der Waals surface area contributed by atoms with E-state index >= 15 is 0 Å². The molecule has 0 aliphatic rings. The molecule has 0 aliphatic carbocycles. The maximum Gasteiger partial charge on any atom is 0.262 e. The predicted molar refractivity (Wildman–Crippen MR) is 92.2 cm³/mol. The summed E-state index contributed by atoms with van der Waals surface area (Å²) in [5, 5.41) is 1.58. The molecule has 0 atom stereocenters. The lowest BCUT2D eigenvalue weighted by atomic mass is 10.1. The summed E-state index contributed by atoms with van der Waals surface area (Å²) in [5.41, 5.74) is 1.90. The molecule has 1 N–H and O–H groups in total. The SMILES string of the molecule is O=S(=O)(Nc1ccc2nsnc2c1)c1cccc2ccccc12. The van der Waals surface area contributed by atoms with Crippen molar-refractivity contribution in [2.75, 3.05) is 4.72 Å². The van der Waals surface area contributed by atoms with E-state index < -0.39 is 10.0 Å². The molecule has 4 rings (SSSR count). The summed E-state index contributed by atoms with van der Waals surface area (Å²) in [7, 11) is -3.69. The highest BCUT2D eigenvalue weighted by atomic mass is 32.2. The van der Waals surface area contributed by atoms with E-state index in [0.29, 0.717) is 16.6 Å². The summed E-state index contributed by atoms with van der Waals surface area (Å²) in [6.45, 7) is 0. The second-order valence-corrected chi connectivity index (χ2v) is 7.23. The highest BCUT2D eigenvalue weighted by molar-refractivity contribution is 7.93. The van der Waals surface area contributed by atoms with Gasteiger partial charge in [0.05, 0.1) is 22.3 Å². The zero-order valence-corrected chi connectivity index (χ0v) is 13.4. The summed E-state index contributed by atoms with van der Waals surface area (Å²) < 4.78 is 36.3. The molecule has 0 radical (unpaired) electrons. The number of hydrogen-bond donors (Lipinski definition) is 1. The number of aromatic nitrogens is 2. The van der Waals surface area contributed by atoms with E-state index in [1.165, 1.54) is 0 Å². The van der Waals surface area contributed by atoms with E-state index in [1.54, 1.807) is 36.4 Å². The Hall–Kier alpha value is -2.51. The molecule has 0 unspecified atom stereocenters. The van der Waals surface area contributed by atoms with E-state index in [4.69, 9.17) is 0 Å². The van der Waals surface area contributed by atoms with Crippen molar-refractivity contribution in [3.05, 3.63) is 60.7 Å². The van der Waals surface area contributed by atoms with Crippen LogP contribution in [0, 0.1) is 0 Å². The molecule has 1 heterocycles. The Morgan fingerprint density at radius 3 is 2.57 bits per heavy atom. The topological polar surface area (TPSA) is 72.0 Å². The molecule has 7 heteroatoms. The number of benzene rings is 3. The van der Waals surface area contributed by atoms with Crippen molar-refractivity contribution in [2.45, 2.75) is 4.90 Å². The molecule has 0 saturated heterocycles. The Balaban J connectivity index is 1.80. The Morgan fingerprint density at radius 1 is 0.870 bits per heavy atom. The van der Waals surface area contributed by atoms with Crippen LogP contribution in [0.2, 0.25) is 0 Å². The van der Waals surface area contributed by atoms with Crippen LogP contribution >= 0.6 is 11.7 Å². The second-order valence-electron chi connectivity index (χ2n) is 5.05. The average Bonchev–Trinajstić information content (AvgIpc) is 3.01. The lowest BCUT2D eigenvalue weighted by molar-refractivity contribution is 0.602. The van der Waals surface area contributed by atoms with E-state index in [-0.39, 0.29) is 4.90 Å². The number of sulfonamides is 1. The Morgan fingerprint density at radius 2 is 1.65 bits per heavy atom. The monoisotopic (exact) mass is 341 g/mol. The van der Waals surface area contributed by atoms with Gasteiger partial charge >= 0.3 is 0 Å². The first-order chi connectivity index (χ1) is 11.1. The molecule has 4 aromatic rings. The van der Waals surface area contributed by atoms with Crippen LogP contribution in [0.25, 0.3) is 21.8 Å². The molecule has 0 saturated carbocycles. The maximum atomic E-state index is 12.7. The Labute approximate surface area is 137 Å². The van der Waals surface area contributed by atoms with Crippen LogP contribution in [0.1, 0.15) is 0 Å². The third kappa shape index (κ3) is 2.54. The van der Waals surface area contributed by atoms with Gasteiger partial charge in [0.2, 0.25) is 0 Å². The first kappa shape index (κ1) is 14.1. The van der Waals surface area contributed by atoms with Crippen LogP contribution < -0.4 is 4.72 Å². The van der Waals surface area contributed by atoms with Gasteiger partial charge in [-0.3, -0.25) is 4.72 Å². The maximum absolute atomic E-state index is 12.7. The first-order valence-corrected chi connectivity index (χ1v) is 9.08. The Kier molecular flexibility index (Phi) is 3.24. The van der Waals surface area contributed by atoms with Crippen LogP contribution in [-0.4, -0.2) is 17.2 Å². The van der Waals surface area contributed by atoms with E-state index in [2.05, 4.69) is 13.5 Å². The number of anilines is 1. The van der Waals surface area contributed by atoms with Crippen molar-refractivity contribution in [3.8, 4) is 0 Å². The lowest BCUT2D eigenvalue weighted by Crippen LogP contribution is -2.13. The molecule has 0 aliphatic heterocycles. The standard InChI is InChI=1S/C16H11N3O2S2/c20-23(21,16-7-3-5-11-4-1-2-6-13(11)16)19-12-8-9-14-15(10-12)18-22-17-14/h1-10,19H. The van der Waals surface area contributed by atoms with Gasteiger partial charge in [-0.1, -0.05) is 36.4 Å². The predicted octanol–water partition coefficient (Wildman–Crippen LogP) is 3.65. The summed E-state index contributed by atoms with van der Waals surface area (Å²) in [4.78, 5) is 0.257. The number of fused-ring (bicyclic) bond motifs is 2. The van der Waals surface area contributed by atoms with Gasteiger partial charge in [0.25, 0.3) is 10.0 Å². The third-order valence-corrected chi connectivity index (χ3v) is 5.54. The second kappa shape index (κ2) is 5.29. The van der Waals surface area contributed by atoms with Crippen molar-refractivity contribution in [3.63, 3.8) is 0 Å². The molecule has 114 valence electrons. The zero-order valence-electron chi connectivity index (χ0n) is 11.8. The van der Waals surface area contributed by atoms with Gasteiger partial charge < -0.3 is 0 Å². The van der Waals surface area contributed by atoms with Gasteiger partial charge in [-0.2, -0.15) is 8.75 Å². The highest BCUT2D eigenvalue weighted by Crippen LogP contribution is 2.26. The van der Waals surface area contributed by atoms with Crippen molar-refractivity contribution in [1.29, 1.82) is 0 Å². The molecular formula is C16H11N3O2S2. The minimum atomic E-state index is -3.69. The Bertz CT molecular complexity index is 1120. The number of rotatable bonds is 3. The van der Waals surface area contributed by atoms with Crippen LogP contribution in [0.4, 0.5) is 5.69 Å². The van der Waals surface area contributed by atoms with Gasteiger partial charge in [0, 0.05) is 5.39 Å². The minimum absolute atomic E-state index is 0.257. The van der Waals surface area contributed by atoms with Crippen LogP contribution in [0.3, 0.4) is 0 Å². The number of nitrogens with one attached hydrogen (secondary N) is 1. The molecule has 23 heavy (non-hydrogen) atoms. The van der Waals surface area contributed by atoms with Crippen LogP contribution in [0.15, 0.2) is 65.6 Å². The highest BCUT2D eigenvalue weighted by Gasteiger charge is 2.17. The van der Waals surface area contributed by atoms with E-state index in [0.717, 1.165) is 22.6 Å². The fourth-order valence-electron chi connectivity index (χ4n) is 2.49. The van der Waals surface area contributed by atoms with Gasteiger partial charge in [-0.25, -0.2) is 8.42 Å². The van der Waals surface area contributed by atoms with Crippen LogP contribution in [0.5, 0.6) is 0 Å². The molecule has 0 amide bonds. The van der Waals surface area contributed by atoms with E-state index in [1.807, 2.05) is 24.3 Å². The smallest absolute Gasteiger partial charge is 0.262 e. The van der Waals surface area contributed by atoms with Crippen molar-refractivity contribution in [2.24, 2.45) is 0 Å².